The normalized spacial score (nSPS) is 10.2. The van der Waals surface area contributed by atoms with Gasteiger partial charge >= 0.3 is 0 Å². The van der Waals surface area contributed by atoms with Crippen LogP contribution in [0, 0.1) is 0 Å². The zero-order valence-corrected chi connectivity index (χ0v) is 12.7. The first kappa shape index (κ1) is 15.9. The minimum atomic E-state index is -0.00342. The summed E-state index contributed by atoms with van der Waals surface area (Å²) in [6.45, 7) is 2.75. The fraction of sp³-hybridized carbons (Fsp3) is 0.278. The molecule has 0 amide bonds. The van der Waals surface area contributed by atoms with Gasteiger partial charge in [-0.15, -0.1) is 0 Å². The van der Waals surface area contributed by atoms with E-state index < -0.39 is 0 Å². The van der Waals surface area contributed by atoms with Crippen LogP contribution in [-0.2, 0) is 0 Å². The SMILES string of the molecule is CC(=O)c1ccc(OCCCCOc2ccccc2)c(N)c1. The molecule has 0 radical (unpaired) electrons. The van der Waals surface area contributed by atoms with Gasteiger partial charge in [-0.2, -0.15) is 0 Å². The summed E-state index contributed by atoms with van der Waals surface area (Å²) in [5.41, 5.74) is 6.97. The van der Waals surface area contributed by atoms with E-state index in [4.69, 9.17) is 15.2 Å². The van der Waals surface area contributed by atoms with E-state index in [2.05, 4.69) is 0 Å². The summed E-state index contributed by atoms with van der Waals surface area (Å²) in [5, 5.41) is 0. The highest BCUT2D eigenvalue weighted by Crippen LogP contribution is 2.23. The minimum absolute atomic E-state index is 0.00342. The second kappa shape index (κ2) is 8.08. The van der Waals surface area contributed by atoms with Crippen LogP contribution in [0.4, 0.5) is 5.69 Å². The van der Waals surface area contributed by atoms with Gasteiger partial charge in [-0.3, -0.25) is 4.79 Å². The molecule has 2 aromatic rings. The number of unbranched alkanes of at least 4 members (excludes halogenated alkanes) is 1. The second-order valence-corrected chi connectivity index (χ2v) is 5.03. The van der Waals surface area contributed by atoms with Crippen LogP contribution in [0.25, 0.3) is 0 Å². The fourth-order valence-electron chi connectivity index (χ4n) is 1.99. The maximum atomic E-state index is 11.2. The molecule has 0 heterocycles. The Bertz CT molecular complexity index is 611. The van der Waals surface area contributed by atoms with Gasteiger partial charge in [0.1, 0.15) is 11.5 Å². The van der Waals surface area contributed by atoms with Crippen molar-refractivity contribution in [1.82, 2.24) is 0 Å². The average molecular weight is 299 g/mol. The second-order valence-electron chi connectivity index (χ2n) is 5.03. The molecule has 4 nitrogen and oxygen atoms in total. The van der Waals surface area contributed by atoms with Gasteiger partial charge < -0.3 is 15.2 Å². The quantitative estimate of drug-likeness (QED) is 0.458. The third kappa shape index (κ3) is 4.81. The van der Waals surface area contributed by atoms with Crippen LogP contribution in [-0.4, -0.2) is 19.0 Å². The third-order valence-electron chi connectivity index (χ3n) is 3.22. The summed E-state index contributed by atoms with van der Waals surface area (Å²) in [6, 6.07) is 14.9. The number of para-hydroxylation sites is 1. The number of benzene rings is 2. The highest BCUT2D eigenvalue weighted by atomic mass is 16.5. The van der Waals surface area contributed by atoms with Crippen molar-refractivity contribution in [3.63, 3.8) is 0 Å². The molecular formula is C18H21NO3. The number of anilines is 1. The molecule has 116 valence electrons. The molecule has 22 heavy (non-hydrogen) atoms. The Kier molecular flexibility index (Phi) is 5.83. The van der Waals surface area contributed by atoms with E-state index in [0.29, 0.717) is 30.2 Å². The molecule has 0 aromatic heterocycles. The Morgan fingerprint density at radius 1 is 1.00 bits per heavy atom. The fourth-order valence-corrected chi connectivity index (χ4v) is 1.99. The lowest BCUT2D eigenvalue weighted by molar-refractivity contribution is 0.101. The Morgan fingerprint density at radius 2 is 1.68 bits per heavy atom. The Hall–Kier alpha value is -2.49. The molecular weight excluding hydrogens is 278 g/mol. The maximum Gasteiger partial charge on any atom is 0.159 e. The summed E-state index contributed by atoms with van der Waals surface area (Å²) in [7, 11) is 0. The first-order valence-corrected chi connectivity index (χ1v) is 7.38. The summed E-state index contributed by atoms with van der Waals surface area (Å²) in [6.07, 6.45) is 1.78. The molecule has 4 heteroatoms. The molecule has 0 fully saturated rings. The molecule has 2 N–H and O–H groups in total. The van der Waals surface area contributed by atoms with Gasteiger partial charge in [0.05, 0.1) is 18.9 Å². The molecule has 0 atom stereocenters. The summed E-state index contributed by atoms with van der Waals surface area (Å²) < 4.78 is 11.2. The van der Waals surface area contributed by atoms with Crippen molar-refractivity contribution < 1.29 is 14.3 Å². The molecule has 0 saturated heterocycles. The van der Waals surface area contributed by atoms with Crippen LogP contribution in [0.5, 0.6) is 11.5 Å². The molecule has 0 unspecified atom stereocenters. The number of hydrogen-bond donors (Lipinski definition) is 1. The van der Waals surface area contributed by atoms with Crippen LogP contribution in [0.15, 0.2) is 48.5 Å². The zero-order valence-electron chi connectivity index (χ0n) is 12.7. The first-order chi connectivity index (χ1) is 10.7. The number of carbonyl (C=O) groups excluding carboxylic acids is 1. The average Bonchev–Trinajstić information content (AvgIpc) is 2.52. The molecule has 0 spiro atoms. The highest BCUT2D eigenvalue weighted by molar-refractivity contribution is 5.95. The van der Waals surface area contributed by atoms with Crippen molar-refractivity contribution in [3.05, 3.63) is 54.1 Å². The van der Waals surface area contributed by atoms with Crippen LogP contribution >= 0.6 is 0 Å². The van der Waals surface area contributed by atoms with Gasteiger partial charge in [-0.25, -0.2) is 0 Å². The first-order valence-electron chi connectivity index (χ1n) is 7.38. The monoisotopic (exact) mass is 299 g/mol. The van der Waals surface area contributed by atoms with E-state index in [0.717, 1.165) is 18.6 Å². The Labute approximate surface area is 130 Å². The Morgan fingerprint density at radius 3 is 2.32 bits per heavy atom. The predicted octanol–water partition coefficient (Wildman–Crippen LogP) is 3.71. The largest absolute Gasteiger partial charge is 0.494 e. The number of carbonyl (C=O) groups is 1. The topological polar surface area (TPSA) is 61.5 Å². The number of ether oxygens (including phenoxy) is 2. The molecule has 0 aliphatic rings. The highest BCUT2D eigenvalue weighted by Gasteiger charge is 2.05. The Balaban J connectivity index is 1.67. The number of nitrogen functional groups attached to an aromatic ring is 1. The van der Waals surface area contributed by atoms with Gasteiger partial charge in [0.15, 0.2) is 5.78 Å². The maximum absolute atomic E-state index is 11.2. The molecule has 2 rings (SSSR count). The van der Waals surface area contributed by atoms with Gasteiger partial charge in [0, 0.05) is 5.56 Å². The van der Waals surface area contributed by atoms with E-state index in [-0.39, 0.29) is 5.78 Å². The van der Waals surface area contributed by atoms with Crippen molar-refractivity contribution in [1.29, 1.82) is 0 Å². The molecule has 0 saturated carbocycles. The summed E-state index contributed by atoms with van der Waals surface area (Å²) in [4.78, 5) is 11.2. The van der Waals surface area contributed by atoms with E-state index in [9.17, 15) is 4.79 Å². The third-order valence-corrected chi connectivity index (χ3v) is 3.22. The van der Waals surface area contributed by atoms with Crippen molar-refractivity contribution in [3.8, 4) is 11.5 Å². The predicted molar refractivity (Wildman–Crippen MR) is 87.5 cm³/mol. The molecule has 0 aliphatic carbocycles. The smallest absolute Gasteiger partial charge is 0.159 e. The van der Waals surface area contributed by atoms with Crippen LogP contribution in [0.1, 0.15) is 30.1 Å². The minimum Gasteiger partial charge on any atom is -0.494 e. The lowest BCUT2D eigenvalue weighted by Gasteiger charge is -2.10. The van der Waals surface area contributed by atoms with E-state index in [1.54, 1.807) is 18.2 Å². The van der Waals surface area contributed by atoms with Crippen molar-refractivity contribution in [2.24, 2.45) is 0 Å². The van der Waals surface area contributed by atoms with Crippen molar-refractivity contribution in [2.45, 2.75) is 19.8 Å². The number of Topliss-reactive ketones (excluding diaryl/α,β-unsaturated/α-hetero) is 1. The van der Waals surface area contributed by atoms with Crippen LogP contribution in [0.2, 0.25) is 0 Å². The van der Waals surface area contributed by atoms with Gasteiger partial charge in [0.25, 0.3) is 0 Å². The number of hydrogen-bond acceptors (Lipinski definition) is 4. The van der Waals surface area contributed by atoms with Crippen LogP contribution < -0.4 is 15.2 Å². The number of nitrogens with two attached hydrogens (primary N) is 1. The lowest BCUT2D eigenvalue weighted by atomic mass is 10.1. The number of ketones is 1. The van der Waals surface area contributed by atoms with E-state index in [1.165, 1.54) is 6.92 Å². The van der Waals surface area contributed by atoms with Gasteiger partial charge in [-0.1, -0.05) is 18.2 Å². The molecule has 0 bridgehead atoms. The molecule has 2 aromatic carbocycles. The lowest BCUT2D eigenvalue weighted by Crippen LogP contribution is -2.04. The zero-order chi connectivity index (χ0) is 15.8. The van der Waals surface area contributed by atoms with E-state index >= 15 is 0 Å². The van der Waals surface area contributed by atoms with Gasteiger partial charge in [0.2, 0.25) is 0 Å². The summed E-state index contributed by atoms with van der Waals surface area (Å²) in [5.74, 6) is 1.50. The summed E-state index contributed by atoms with van der Waals surface area (Å²) >= 11 is 0. The number of rotatable bonds is 8. The molecule has 0 aliphatic heterocycles. The standard InChI is InChI=1S/C18H21NO3/c1-14(20)15-9-10-18(17(19)13-15)22-12-6-5-11-21-16-7-3-2-4-8-16/h2-4,7-10,13H,5-6,11-12,19H2,1H3. The van der Waals surface area contributed by atoms with E-state index in [1.807, 2.05) is 30.3 Å². The van der Waals surface area contributed by atoms with Crippen molar-refractivity contribution >= 4 is 11.5 Å². The van der Waals surface area contributed by atoms with Gasteiger partial charge in [-0.05, 0) is 50.1 Å². The van der Waals surface area contributed by atoms with Crippen LogP contribution in [0.3, 0.4) is 0 Å². The van der Waals surface area contributed by atoms with Crippen molar-refractivity contribution in [2.75, 3.05) is 18.9 Å².